The van der Waals surface area contributed by atoms with E-state index >= 15 is 0 Å². The van der Waals surface area contributed by atoms with E-state index in [4.69, 9.17) is 0 Å². The highest BCUT2D eigenvalue weighted by Gasteiger charge is 2.08. The number of hydrogen-bond donors (Lipinski definition) is 2. The standard InChI is InChI=1S/C17H13N5O/c23-14-3-1-2-13(10-14)20-16-4-5-17-19-11-15(22(17)21-16)12-6-8-18-9-7-12/h1-11,23H,(H,20,21). The molecular weight excluding hydrogens is 290 g/mol. The van der Waals surface area contributed by atoms with Gasteiger partial charge in [0.2, 0.25) is 0 Å². The van der Waals surface area contributed by atoms with Gasteiger partial charge in [-0.15, -0.1) is 5.10 Å². The number of nitrogens with one attached hydrogen (secondary N) is 1. The summed E-state index contributed by atoms with van der Waals surface area (Å²) in [5.74, 6) is 0.868. The fourth-order valence-corrected chi connectivity index (χ4v) is 2.39. The molecule has 6 heteroatoms. The van der Waals surface area contributed by atoms with Gasteiger partial charge in [-0.05, 0) is 36.4 Å². The van der Waals surface area contributed by atoms with Crippen molar-refractivity contribution < 1.29 is 5.11 Å². The molecule has 0 atom stereocenters. The lowest BCUT2D eigenvalue weighted by molar-refractivity contribution is 0.475. The number of phenols is 1. The minimum atomic E-state index is 0.205. The first-order valence-corrected chi connectivity index (χ1v) is 7.11. The number of benzene rings is 1. The average molecular weight is 303 g/mol. The van der Waals surface area contributed by atoms with Crippen LogP contribution in [-0.4, -0.2) is 24.7 Å². The van der Waals surface area contributed by atoms with Gasteiger partial charge in [-0.3, -0.25) is 4.98 Å². The van der Waals surface area contributed by atoms with Gasteiger partial charge in [-0.25, -0.2) is 9.50 Å². The van der Waals surface area contributed by atoms with Crippen molar-refractivity contribution in [2.75, 3.05) is 5.32 Å². The molecule has 0 aliphatic carbocycles. The number of anilines is 2. The van der Waals surface area contributed by atoms with E-state index in [-0.39, 0.29) is 5.75 Å². The summed E-state index contributed by atoms with van der Waals surface area (Å²) in [4.78, 5) is 8.40. The van der Waals surface area contributed by atoms with Gasteiger partial charge < -0.3 is 10.4 Å². The average Bonchev–Trinajstić information content (AvgIpc) is 2.99. The van der Waals surface area contributed by atoms with Crippen LogP contribution in [0.3, 0.4) is 0 Å². The molecule has 4 aromatic rings. The minimum Gasteiger partial charge on any atom is -0.508 e. The molecule has 0 fully saturated rings. The number of aromatic hydroxyl groups is 1. The maximum atomic E-state index is 9.54. The number of aromatic nitrogens is 4. The van der Waals surface area contributed by atoms with E-state index in [1.54, 1.807) is 41.3 Å². The molecule has 23 heavy (non-hydrogen) atoms. The predicted octanol–water partition coefficient (Wildman–Crippen LogP) is 3.24. The summed E-state index contributed by atoms with van der Waals surface area (Å²) in [6.45, 7) is 0. The fraction of sp³-hybridized carbons (Fsp3) is 0. The van der Waals surface area contributed by atoms with Crippen molar-refractivity contribution in [1.29, 1.82) is 0 Å². The topological polar surface area (TPSA) is 75.3 Å². The Labute approximate surface area is 132 Å². The lowest BCUT2D eigenvalue weighted by atomic mass is 10.2. The maximum absolute atomic E-state index is 9.54. The van der Waals surface area contributed by atoms with E-state index in [9.17, 15) is 5.11 Å². The number of imidazole rings is 1. The Bertz CT molecular complexity index is 965. The molecule has 6 nitrogen and oxygen atoms in total. The van der Waals surface area contributed by atoms with Gasteiger partial charge >= 0.3 is 0 Å². The monoisotopic (exact) mass is 303 g/mol. The molecule has 0 saturated carbocycles. The van der Waals surface area contributed by atoms with Gasteiger partial charge in [0.25, 0.3) is 0 Å². The largest absolute Gasteiger partial charge is 0.508 e. The lowest BCUT2D eigenvalue weighted by Crippen LogP contribution is -2.00. The number of nitrogens with zero attached hydrogens (tertiary/aromatic N) is 4. The quantitative estimate of drug-likeness (QED) is 0.607. The first-order valence-electron chi connectivity index (χ1n) is 7.11. The summed E-state index contributed by atoms with van der Waals surface area (Å²) < 4.78 is 1.78. The van der Waals surface area contributed by atoms with Gasteiger partial charge in [0.05, 0.1) is 11.9 Å². The van der Waals surface area contributed by atoms with Gasteiger partial charge in [-0.1, -0.05) is 6.07 Å². The summed E-state index contributed by atoms with van der Waals surface area (Å²) >= 11 is 0. The second kappa shape index (κ2) is 5.42. The Kier molecular flexibility index (Phi) is 3.12. The Balaban J connectivity index is 1.75. The summed E-state index contributed by atoms with van der Waals surface area (Å²) in [7, 11) is 0. The van der Waals surface area contributed by atoms with E-state index in [1.807, 2.05) is 30.3 Å². The van der Waals surface area contributed by atoms with Gasteiger partial charge in [0.15, 0.2) is 11.5 Å². The molecule has 4 rings (SSSR count). The molecule has 3 aromatic heterocycles. The number of rotatable bonds is 3. The summed E-state index contributed by atoms with van der Waals surface area (Å²) in [6, 6.07) is 14.5. The fourth-order valence-electron chi connectivity index (χ4n) is 2.39. The van der Waals surface area contributed by atoms with E-state index in [0.29, 0.717) is 5.82 Å². The Morgan fingerprint density at radius 1 is 1.00 bits per heavy atom. The summed E-state index contributed by atoms with van der Waals surface area (Å²) in [5.41, 5.74) is 3.41. The van der Waals surface area contributed by atoms with Crippen molar-refractivity contribution in [1.82, 2.24) is 19.6 Å². The molecule has 3 heterocycles. The molecule has 0 aliphatic rings. The second-order valence-electron chi connectivity index (χ2n) is 5.04. The molecule has 112 valence electrons. The van der Waals surface area contributed by atoms with Gasteiger partial charge in [-0.2, -0.15) is 0 Å². The maximum Gasteiger partial charge on any atom is 0.154 e. The lowest BCUT2D eigenvalue weighted by Gasteiger charge is -2.07. The van der Waals surface area contributed by atoms with Crippen molar-refractivity contribution in [3.63, 3.8) is 0 Å². The van der Waals surface area contributed by atoms with Crippen LogP contribution in [0.15, 0.2) is 67.1 Å². The van der Waals surface area contributed by atoms with Crippen LogP contribution in [0.2, 0.25) is 0 Å². The number of fused-ring (bicyclic) bond motifs is 1. The van der Waals surface area contributed by atoms with E-state index in [0.717, 1.165) is 22.6 Å². The number of pyridine rings is 1. The summed E-state index contributed by atoms with van der Waals surface area (Å²) in [6.07, 6.45) is 5.27. The zero-order chi connectivity index (χ0) is 15.6. The van der Waals surface area contributed by atoms with Crippen molar-refractivity contribution in [3.8, 4) is 17.0 Å². The molecule has 1 aromatic carbocycles. The Morgan fingerprint density at radius 2 is 1.87 bits per heavy atom. The minimum absolute atomic E-state index is 0.205. The zero-order valence-corrected chi connectivity index (χ0v) is 12.1. The molecule has 0 aliphatic heterocycles. The van der Waals surface area contributed by atoms with E-state index in [1.165, 1.54) is 0 Å². The first-order chi connectivity index (χ1) is 11.3. The van der Waals surface area contributed by atoms with E-state index in [2.05, 4.69) is 20.4 Å². The third-order valence-electron chi connectivity index (χ3n) is 3.46. The van der Waals surface area contributed by atoms with Crippen LogP contribution >= 0.6 is 0 Å². The van der Waals surface area contributed by atoms with Crippen LogP contribution in [0, 0.1) is 0 Å². The highest BCUT2D eigenvalue weighted by Crippen LogP contribution is 2.22. The summed E-state index contributed by atoms with van der Waals surface area (Å²) in [5, 5.41) is 17.3. The van der Waals surface area contributed by atoms with Crippen LogP contribution in [0.5, 0.6) is 5.75 Å². The van der Waals surface area contributed by atoms with Crippen molar-refractivity contribution in [3.05, 3.63) is 67.1 Å². The molecule has 2 N–H and O–H groups in total. The Morgan fingerprint density at radius 3 is 2.70 bits per heavy atom. The predicted molar refractivity (Wildman–Crippen MR) is 87.6 cm³/mol. The molecule has 0 amide bonds. The Hall–Kier alpha value is -3.41. The van der Waals surface area contributed by atoms with Crippen LogP contribution in [0.25, 0.3) is 16.9 Å². The van der Waals surface area contributed by atoms with Crippen LogP contribution in [0.4, 0.5) is 11.5 Å². The normalized spacial score (nSPS) is 10.8. The van der Waals surface area contributed by atoms with Crippen molar-refractivity contribution in [2.24, 2.45) is 0 Å². The first kappa shape index (κ1) is 13.3. The molecule has 0 unspecified atom stereocenters. The number of hydrogen-bond acceptors (Lipinski definition) is 5. The molecule has 0 radical (unpaired) electrons. The second-order valence-corrected chi connectivity index (χ2v) is 5.04. The highest BCUT2D eigenvalue weighted by molar-refractivity contribution is 5.64. The van der Waals surface area contributed by atoms with Gasteiger partial charge in [0, 0.05) is 29.7 Å². The molecule has 0 saturated heterocycles. The third kappa shape index (κ3) is 2.57. The molecular formula is C17H13N5O. The van der Waals surface area contributed by atoms with Crippen molar-refractivity contribution >= 4 is 17.2 Å². The van der Waals surface area contributed by atoms with E-state index < -0.39 is 0 Å². The molecule has 0 spiro atoms. The SMILES string of the molecule is Oc1cccc(Nc2ccc3ncc(-c4ccncc4)n3n2)c1. The smallest absolute Gasteiger partial charge is 0.154 e. The number of phenolic OH excluding ortho intramolecular Hbond substituents is 1. The van der Waals surface area contributed by atoms with Crippen LogP contribution < -0.4 is 5.32 Å². The van der Waals surface area contributed by atoms with Crippen LogP contribution in [-0.2, 0) is 0 Å². The van der Waals surface area contributed by atoms with Crippen molar-refractivity contribution in [2.45, 2.75) is 0 Å². The van der Waals surface area contributed by atoms with Crippen LogP contribution in [0.1, 0.15) is 0 Å². The van der Waals surface area contributed by atoms with Gasteiger partial charge in [0.1, 0.15) is 5.75 Å². The molecule has 0 bridgehead atoms. The third-order valence-corrected chi connectivity index (χ3v) is 3.46. The zero-order valence-electron chi connectivity index (χ0n) is 12.1. The highest BCUT2D eigenvalue weighted by atomic mass is 16.3.